The standard InChI is InChI=1S/C25H18FN5O2S/c1-33-23-12-16(18-10-19(26)14-28-13-18)2-4-22(23)25-21-5-3-20(11-17(21)6-9-29-25)34(32)31-24-7-8-27-15-30-24/h2-15H,1H3,(H,27,30,31). The number of aromatic nitrogens is 4. The molecule has 0 aliphatic rings. The molecule has 9 heteroatoms. The summed E-state index contributed by atoms with van der Waals surface area (Å²) in [5.74, 6) is 0.667. The van der Waals surface area contributed by atoms with Crippen molar-refractivity contribution in [3.8, 4) is 28.1 Å². The van der Waals surface area contributed by atoms with E-state index in [9.17, 15) is 8.60 Å². The summed E-state index contributed by atoms with van der Waals surface area (Å²) in [5.41, 5.74) is 2.94. The third kappa shape index (κ3) is 4.33. The largest absolute Gasteiger partial charge is 0.496 e. The predicted octanol–water partition coefficient (Wildman–Crippen LogP) is 5.04. The summed E-state index contributed by atoms with van der Waals surface area (Å²) in [6.07, 6.45) is 7.44. The first-order valence-electron chi connectivity index (χ1n) is 10.2. The monoisotopic (exact) mass is 471 g/mol. The number of rotatable bonds is 6. The average molecular weight is 472 g/mol. The van der Waals surface area contributed by atoms with Crippen LogP contribution in [-0.2, 0) is 11.0 Å². The molecule has 0 amide bonds. The van der Waals surface area contributed by atoms with Crippen LogP contribution in [0.2, 0.25) is 0 Å². The lowest BCUT2D eigenvalue weighted by atomic mass is 9.99. The Labute approximate surface area is 197 Å². The molecule has 0 aliphatic carbocycles. The van der Waals surface area contributed by atoms with Crippen molar-refractivity contribution in [2.45, 2.75) is 4.90 Å². The summed E-state index contributed by atoms with van der Waals surface area (Å²) >= 11 is 0. The van der Waals surface area contributed by atoms with Crippen LogP contribution in [0.1, 0.15) is 0 Å². The van der Waals surface area contributed by atoms with Gasteiger partial charge in [-0.05, 0) is 53.4 Å². The van der Waals surface area contributed by atoms with E-state index >= 15 is 0 Å². The fraction of sp³-hybridized carbons (Fsp3) is 0.0400. The minimum atomic E-state index is -1.50. The van der Waals surface area contributed by atoms with Gasteiger partial charge in [0.25, 0.3) is 0 Å². The normalized spacial score (nSPS) is 11.8. The van der Waals surface area contributed by atoms with Gasteiger partial charge in [0.2, 0.25) is 0 Å². The molecule has 0 saturated carbocycles. The molecule has 1 atom stereocenters. The van der Waals surface area contributed by atoms with Crippen LogP contribution < -0.4 is 9.46 Å². The molecule has 3 aromatic heterocycles. The van der Waals surface area contributed by atoms with Crippen molar-refractivity contribution in [2.75, 3.05) is 11.8 Å². The first kappa shape index (κ1) is 21.6. The van der Waals surface area contributed by atoms with Crippen LogP contribution in [-0.4, -0.2) is 31.3 Å². The second kappa shape index (κ2) is 9.32. The van der Waals surface area contributed by atoms with Crippen molar-refractivity contribution in [1.29, 1.82) is 0 Å². The Morgan fingerprint density at radius 3 is 2.62 bits per heavy atom. The minimum absolute atomic E-state index is 0.404. The Morgan fingerprint density at radius 1 is 0.912 bits per heavy atom. The third-order valence-electron chi connectivity index (χ3n) is 5.22. The van der Waals surface area contributed by atoms with E-state index in [1.54, 1.807) is 37.8 Å². The Balaban J connectivity index is 1.52. The number of ether oxygens (including phenoxy) is 1. The Morgan fingerprint density at radius 2 is 1.82 bits per heavy atom. The van der Waals surface area contributed by atoms with E-state index in [0.29, 0.717) is 22.0 Å². The molecule has 7 nitrogen and oxygen atoms in total. The molecule has 0 fully saturated rings. The molecule has 5 rings (SSSR count). The third-order valence-corrected chi connectivity index (χ3v) is 6.30. The van der Waals surface area contributed by atoms with Crippen molar-refractivity contribution >= 4 is 27.6 Å². The molecule has 3 heterocycles. The average Bonchev–Trinajstić information content (AvgIpc) is 2.88. The van der Waals surface area contributed by atoms with Crippen LogP contribution >= 0.6 is 0 Å². The van der Waals surface area contributed by atoms with E-state index in [0.717, 1.165) is 27.6 Å². The topological polar surface area (TPSA) is 89.9 Å². The van der Waals surface area contributed by atoms with E-state index in [4.69, 9.17) is 4.74 Å². The van der Waals surface area contributed by atoms with Gasteiger partial charge in [0.1, 0.15) is 23.7 Å². The maximum Gasteiger partial charge on any atom is 0.151 e. The number of nitrogens with zero attached hydrogens (tertiary/aromatic N) is 4. The zero-order valence-corrected chi connectivity index (χ0v) is 18.8. The smallest absolute Gasteiger partial charge is 0.151 e. The number of fused-ring (bicyclic) bond motifs is 1. The summed E-state index contributed by atoms with van der Waals surface area (Å²) in [6.45, 7) is 0. The van der Waals surface area contributed by atoms with Gasteiger partial charge < -0.3 is 4.74 Å². The zero-order valence-electron chi connectivity index (χ0n) is 18.0. The molecule has 1 unspecified atom stereocenters. The summed E-state index contributed by atoms with van der Waals surface area (Å²) in [6, 6.07) is 16.1. The van der Waals surface area contributed by atoms with Crippen molar-refractivity contribution in [1.82, 2.24) is 19.9 Å². The van der Waals surface area contributed by atoms with Crippen molar-refractivity contribution in [2.24, 2.45) is 0 Å². The van der Waals surface area contributed by atoms with Crippen LogP contribution in [0.3, 0.4) is 0 Å². The fourth-order valence-electron chi connectivity index (χ4n) is 3.63. The second-order valence-electron chi connectivity index (χ2n) is 7.31. The van der Waals surface area contributed by atoms with Crippen molar-refractivity contribution < 1.29 is 13.3 Å². The van der Waals surface area contributed by atoms with Gasteiger partial charge in [0.05, 0.1) is 23.9 Å². The molecule has 2 aromatic carbocycles. The summed E-state index contributed by atoms with van der Waals surface area (Å²) in [5, 5.41) is 1.75. The number of halogens is 1. The molecule has 0 spiro atoms. The molecule has 168 valence electrons. The highest BCUT2D eigenvalue weighted by molar-refractivity contribution is 7.86. The summed E-state index contributed by atoms with van der Waals surface area (Å²) < 4.78 is 34.9. The van der Waals surface area contributed by atoms with Gasteiger partial charge in [0, 0.05) is 35.1 Å². The maximum absolute atomic E-state index is 13.6. The number of pyridine rings is 2. The fourth-order valence-corrected chi connectivity index (χ4v) is 4.48. The highest BCUT2D eigenvalue weighted by Crippen LogP contribution is 2.36. The number of benzene rings is 2. The zero-order chi connectivity index (χ0) is 23.5. The summed E-state index contributed by atoms with van der Waals surface area (Å²) in [4.78, 5) is 17.0. The van der Waals surface area contributed by atoms with Crippen molar-refractivity contribution in [3.63, 3.8) is 0 Å². The second-order valence-corrected chi connectivity index (χ2v) is 8.53. The quantitative estimate of drug-likeness (QED) is 0.373. The Bertz CT molecular complexity index is 1510. The molecule has 34 heavy (non-hydrogen) atoms. The van der Waals surface area contributed by atoms with E-state index in [1.807, 2.05) is 36.4 Å². The van der Waals surface area contributed by atoms with E-state index < -0.39 is 16.8 Å². The minimum Gasteiger partial charge on any atom is -0.496 e. The van der Waals surface area contributed by atoms with Crippen LogP contribution in [0.4, 0.5) is 10.2 Å². The van der Waals surface area contributed by atoms with Crippen LogP contribution in [0.5, 0.6) is 5.75 Å². The summed E-state index contributed by atoms with van der Waals surface area (Å²) in [7, 11) is 0.0853. The van der Waals surface area contributed by atoms with Crippen LogP contribution in [0, 0.1) is 5.82 Å². The van der Waals surface area contributed by atoms with E-state index in [2.05, 4.69) is 24.7 Å². The van der Waals surface area contributed by atoms with Crippen molar-refractivity contribution in [3.05, 3.63) is 91.5 Å². The molecular formula is C25H18FN5O2S. The highest BCUT2D eigenvalue weighted by Gasteiger charge is 2.14. The number of hydrogen-bond acceptors (Lipinski definition) is 6. The molecule has 0 radical (unpaired) electrons. The van der Waals surface area contributed by atoms with Gasteiger partial charge >= 0.3 is 0 Å². The Kier molecular flexibility index (Phi) is 5.92. The SMILES string of the molecule is COc1cc(-c2cncc(F)c2)ccc1-c1nccc2cc(S(=O)Nc3ccncn3)ccc12. The van der Waals surface area contributed by atoms with Gasteiger partial charge in [-0.3, -0.25) is 14.7 Å². The lowest BCUT2D eigenvalue weighted by Crippen LogP contribution is -2.06. The number of nitrogens with one attached hydrogen (secondary N) is 1. The van der Waals surface area contributed by atoms with E-state index in [1.165, 1.54) is 18.6 Å². The van der Waals surface area contributed by atoms with Crippen LogP contribution in [0.25, 0.3) is 33.2 Å². The first-order valence-corrected chi connectivity index (χ1v) is 11.4. The number of methoxy groups -OCH3 is 1. The predicted molar refractivity (Wildman–Crippen MR) is 129 cm³/mol. The molecule has 5 aromatic rings. The van der Waals surface area contributed by atoms with Gasteiger partial charge in [-0.15, -0.1) is 0 Å². The van der Waals surface area contributed by atoms with Gasteiger partial charge in [-0.25, -0.2) is 18.6 Å². The highest BCUT2D eigenvalue weighted by atomic mass is 32.2. The molecule has 0 aliphatic heterocycles. The Hall–Kier alpha value is -4.24. The molecule has 0 saturated heterocycles. The molecule has 1 N–H and O–H groups in total. The lowest BCUT2D eigenvalue weighted by Gasteiger charge is -2.13. The number of anilines is 1. The first-order chi connectivity index (χ1) is 16.6. The van der Waals surface area contributed by atoms with Crippen LogP contribution in [0.15, 0.2) is 90.6 Å². The number of hydrogen-bond donors (Lipinski definition) is 1. The van der Waals surface area contributed by atoms with Gasteiger partial charge in [-0.1, -0.05) is 12.1 Å². The maximum atomic E-state index is 13.6. The molecular weight excluding hydrogens is 453 g/mol. The van der Waals surface area contributed by atoms with Gasteiger partial charge in [0.15, 0.2) is 11.0 Å². The lowest BCUT2D eigenvalue weighted by molar-refractivity contribution is 0.416. The van der Waals surface area contributed by atoms with Gasteiger partial charge in [-0.2, -0.15) is 0 Å². The molecule has 0 bridgehead atoms. The van der Waals surface area contributed by atoms with E-state index in [-0.39, 0.29) is 0 Å².